The molecule has 1 saturated heterocycles. The van der Waals surface area contributed by atoms with Crippen LogP contribution in [0.5, 0.6) is 5.75 Å². The number of nitrogens with zero attached hydrogens (tertiary/aromatic N) is 3. The van der Waals surface area contributed by atoms with Crippen molar-refractivity contribution in [3.8, 4) is 28.8 Å². The van der Waals surface area contributed by atoms with Crippen LogP contribution in [0.2, 0.25) is 0 Å². The summed E-state index contributed by atoms with van der Waals surface area (Å²) in [4.78, 5) is 0. The molecule has 0 saturated carbocycles. The van der Waals surface area contributed by atoms with E-state index in [1.807, 2.05) is 36.4 Å². The van der Waals surface area contributed by atoms with E-state index < -0.39 is 5.82 Å². The fraction of sp³-hybridized carbons (Fsp3) is 0.333. The van der Waals surface area contributed by atoms with Gasteiger partial charge in [-0.3, -0.25) is 0 Å². The van der Waals surface area contributed by atoms with Gasteiger partial charge in [-0.1, -0.05) is 6.07 Å². The largest absolute Gasteiger partial charge is 0.497 e. The molecular formula is C24H26FN5O. The van der Waals surface area contributed by atoms with Crippen LogP contribution in [0.25, 0.3) is 16.9 Å². The third-order valence-corrected chi connectivity index (χ3v) is 5.68. The van der Waals surface area contributed by atoms with Crippen LogP contribution in [0.1, 0.15) is 24.8 Å². The Kier molecular flexibility index (Phi) is 6.48. The third-order valence-electron chi connectivity index (χ3n) is 5.68. The lowest BCUT2D eigenvalue weighted by Gasteiger charge is -2.13. The van der Waals surface area contributed by atoms with Gasteiger partial charge >= 0.3 is 0 Å². The summed E-state index contributed by atoms with van der Waals surface area (Å²) < 4.78 is 21.4. The maximum atomic E-state index is 14.3. The fourth-order valence-corrected chi connectivity index (χ4v) is 3.90. The van der Waals surface area contributed by atoms with E-state index in [1.165, 1.54) is 25.0 Å². The molecule has 31 heavy (non-hydrogen) atoms. The Bertz CT molecular complexity index is 1060. The number of nitrogens with one attached hydrogen (secondary N) is 2. The van der Waals surface area contributed by atoms with Gasteiger partial charge in [-0.05, 0) is 74.7 Å². The van der Waals surface area contributed by atoms with Gasteiger partial charge in [0.2, 0.25) is 0 Å². The molecule has 1 atom stereocenters. The van der Waals surface area contributed by atoms with Crippen LogP contribution >= 0.6 is 0 Å². The summed E-state index contributed by atoms with van der Waals surface area (Å²) >= 11 is 0. The zero-order valence-electron chi connectivity index (χ0n) is 17.6. The van der Waals surface area contributed by atoms with E-state index in [1.54, 1.807) is 17.9 Å². The first-order valence-electron chi connectivity index (χ1n) is 10.6. The maximum absolute atomic E-state index is 14.3. The number of hydrogen-bond acceptors (Lipinski definition) is 5. The first kappa shape index (κ1) is 20.9. The number of benzene rings is 2. The highest BCUT2D eigenvalue weighted by molar-refractivity contribution is 5.67. The van der Waals surface area contributed by atoms with E-state index >= 15 is 0 Å². The topological polar surface area (TPSA) is 74.9 Å². The molecule has 1 unspecified atom stereocenters. The molecule has 6 nitrogen and oxygen atoms in total. The van der Waals surface area contributed by atoms with Crippen molar-refractivity contribution in [3.05, 3.63) is 59.9 Å². The highest BCUT2D eigenvalue weighted by atomic mass is 19.1. The Morgan fingerprint density at radius 1 is 1.19 bits per heavy atom. The summed E-state index contributed by atoms with van der Waals surface area (Å²) in [6.45, 7) is 2.97. The van der Waals surface area contributed by atoms with Gasteiger partial charge in [0.25, 0.3) is 0 Å². The van der Waals surface area contributed by atoms with E-state index in [4.69, 9.17) is 15.1 Å². The first-order valence-corrected chi connectivity index (χ1v) is 10.6. The second-order valence-corrected chi connectivity index (χ2v) is 7.76. The van der Waals surface area contributed by atoms with E-state index in [9.17, 15) is 4.39 Å². The molecule has 1 fully saturated rings. The molecule has 1 aliphatic heterocycles. The number of aromatic nitrogens is 2. The first-order chi connectivity index (χ1) is 15.2. The highest BCUT2D eigenvalue weighted by Gasteiger charge is 2.16. The minimum absolute atomic E-state index is 0.0274. The van der Waals surface area contributed by atoms with Crippen molar-refractivity contribution in [1.29, 1.82) is 5.26 Å². The van der Waals surface area contributed by atoms with Crippen LogP contribution in [0.15, 0.2) is 48.5 Å². The molecule has 4 rings (SSSR count). The standard InChI is InChI=1S/C24H26FN5O/c1-31-21-8-6-20(7-9-21)30-23(18-4-5-19(15-26)22(25)13-18)14-24(29-30)28-16-17-3-2-11-27-12-10-17/h4-9,13-14,17,27H,2-3,10-12,16H2,1H3,(H,28,29). The number of halogens is 1. The Morgan fingerprint density at radius 2 is 2.03 bits per heavy atom. The van der Waals surface area contributed by atoms with Gasteiger partial charge < -0.3 is 15.4 Å². The molecule has 0 bridgehead atoms. The lowest BCUT2D eigenvalue weighted by molar-refractivity contribution is 0.414. The molecule has 160 valence electrons. The van der Waals surface area contributed by atoms with Crippen LogP contribution in [-0.2, 0) is 0 Å². The molecule has 0 aliphatic carbocycles. The summed E-state index contributed by atoms with van der Waals surface area (Å²) in [5, 5.41) is 20.7. The number of hydrogen-bond donors (Lipinski definition) is 2. The minimum atomic E-state index is -0.539. The molecule has 2 heterocycles. The Hall–Kier alpha value is -3.37. The predicted octanol–water partition coefficient (Wildman–Crippen LogP) is 4.36. The molecule has 3 aromatic rings. The lowest BCUT2D eigenvalue weighted by Crippen LogP contribution is -2.17. The minimum Gasteiger partial charge on any atom is -0.497 e. The van der Waals surface area contributed by atoms with Crippen molar-refractivity contribution in [2.75, 3.05) is 32.1 Å². The Labute approximate surface area is 181 Å². The van der Waals surface area contributed by atoms with Crippen molar-refractivity contribution in [3.63, 3.8) is 0 Å². The van der Waals surface area contributed by atoms with Crippen molar-refractivity contribution >= 4 is 5.82 Å². The van der Waals surface area contributed by atoms with Crippen LogP contribution in [0.4, 0.5) is 10.2 Å². The van der Waals surface area contributed by atoms with Crippen LogP contribution in [0, 0.1) is 23.1 Å². The van der Waals surface area contributed by atoms with Gasteiger partial charge in [0, 0.05) is 18.2 Å². The average molecular weight is 420 g/mol. The third kappa shape index (κ3) is 4.86. The highest BCUT2D eigenvalue weighted by Crippen LogP contribution is 2.28. The smallest absolute Gasteiger partial charge is 0.149 e. The molecule has 7 heteroatoms. The van der Waals surface area contributed by atoms with Gasteiger partial charge in [0.1, 0.15) is 23.5 Å². The predicted molar refractivity (Wildman–Crippen MR) is 119 cm³/mol. The summed E-state index contributed by atoms with van der Waals surface area (Å²) in [6, 6.07) is 16.0. The zero-order valence-corrected chi connectivity index (χ0v) is 17.6. The van der Waals surface area contributed by atoms with Crippen LogP contribution < -0.4 is 15.4 Å². The lowest BCUT2D eigenvalue weighted by atomic mass is 10.0. The zero-order chi connectivity index (χ0) is 21.6. The molecular weight excluding hydrogens is 393 g/mol. The van der Waals surface area contributed by atoms with Gasteiger partial charge in [-0.2, -0.15) is 5.26 Å². The molecule has 1 aliphatic rings. The molecule has 0 spiro atoms. The average Bonchev–Trinajstić information content (AvgIpc) is 3.05. The number of ether oxygens (including phenoxy) is 1. The maximum Gasteiger partial charge on any atom is 0.149 e. The fourth-order valence-electron chi connectivity index (χ4n) is 3.90. The summed E-state index contributed by atoms with van der Waals surface area (Å²) in [5.41, 5.74) is 2.27. The van der Waals surface area contributed by atoms with Crippen molar-refractivity contribution in [2.24, 2.45) is 5.92 Å². The van der Waals surface area contributed by atoms with Gasteiger partial charge in [0.15, 0.2) is 0 Å². The second kappa shape index (κ2) is 9.63. The normalized spacial score (nSPS) is 16.4. The summed E-state index contributed by atoms with van der Waals surface area (Å²) in [5.74, 6) is 1.55. The van der Waals surface area contributed by atoms with Gasteiger partial charge in [-0.25, -0.2) is 9.07 Å². The second-order valence-electron chi connectivity index (χ2n) is 7.76. The van der Waals surface area contributed by atoms with E-state index in [0.717, 1.165) is 49.0 Å². The monoisotopic (exact) mass is 419 g/mol. The van der Waals surface area contributed by atoms with Crippen LogP contribution in [-0.4, -0.2) is 36.5 Å². The number of anilines is 1. The Balaban J connectivity index is 1.65. The quantitative estimate of drug-likeness (QED) is 0.621. The molecule has 2 N–H and O–H groups in total. The van der Waals surface area contributed by atoms with E-state index in [0.29, 0.717) is 11.5 Å². The van der Waals surface area contributed by atoms with Gasteiger partial charge in [-0.15, -0.1) is 5.10 Å². The molecule has 1 aromatic heterocycles. The van der Waals surface area contributed by atoms with E-state index in [-0.39, 0.29) is 5.56 Å². The SMILES string of the molecule is COc1ccc(-n2nc(NCC3CCCNCC3)cc2-c2ccc(C#N)c(F)c2)cc1. The van der Waals surface area contributed by atoms with Crippen LogP contribution in [0.3, 0.4) is 0 Å². The van der Waals surface area contributed by atoms with Crippen molar-refractivity contribution < 1.29 is 9.13 Å². The molecule has 0 radical (unpaired) electrons. The summed E-state index contributed by atoms with van der Waals surface area (Å²) in [6.07, 6.45) is 3.51. The van der Waals surface area contributed by atoms with E-state index in [2.05, 4.69) is 10.6 Å². The summed E-state index contributed by atoms with van der Waals surface area (Å²) in [7, 11) is 1.62. The van der Waals surface area contributed by atoms with Crippen molar-refractivity contribution in [1.82, 2.24) is 15.1 Å². The molecule has 0 amide bonds. The Morgan fingerprint density at radius 3 is 2.77 bits per heavy atom. The number of methoxy groups -OCH3 is 1. The number of nitriles is 1. The number of rotatable bonds is 6. The van der Waals surface area contributed by atoms with Crippen molar-refractivity contribution in [2.45, 2.75) is 19.3 Å². The van der Waals surface area contributed by atoms with Gasteiger partial charge in [0.05, 0.1) is 24.1 Å². The molecule has 2 aromatic carbocycles.